The van der Waals surface area contributed by atoms with Crippen molar-refractivity contribution >= 4 is 5.78 Å². The van der Waals surface area contributed by atoms with Crippen molar-refractivity contribution in [2.24, 2.45) is 0 Å². The molecule has 0 aromatic carbocycles. The molecule has 0 heterocycles. The maximum absolute atomic E-state index is 11.4. The lowest BCUT2D eigenvalue weighted by atomic mass is 9.96. The molecule has 2 heteroatoms. The van der Waals surface area contributed by atoms with Crippen molar-refractivity contribution in [2.75, 3.05) is 7.05 Å². The van der Waals surface area contributed by atoms with Gasteiger partial charge in [-0.3, -0.25) is 4.79 Å². The van der Waals surface area contributed by atoms with E-state index in [1.165, 1.54) is 0 Å². The molecule has 1 N–H and O–H groups in total. The molecule has 0 aliphatic carbocycles. The second-order valence-electron chi connectivity index (χ2n) is 3.22. The monoisotopic (exact) mass is 167 g/mol. The Hall–Kier alpha value is -0.810. The highest BCUT2D eigenvalue weighted by molar-refractivity contribution is 5.87. The van der Waals surface area contributed by atoms with Crippen LogP contribution in [0.5, 0.6) is 0 Å². The van der Waals surface area contributed by atoms with Gasteiger partial charge in [-0.1, -0.05) is 0 Å². The zero-order valence-electron chi connectivity index (χ0n) is 8.32. The van der Waals surface area contributed by atoms with Crippen molar-refractivity contribution in [3.63, 3.8) is 0 Å². The Kier molecular flexibility index (Phi) is 4.61. The third-order valence-corrected chi connectivity index (χ3v) is 1.98. The summed E-state index contributed by atoms with van der Waals surface area (Å²) in [4.78, 5) is 11.4. The quantitative estimate of drug-likeness (QED) is 0.640. The van der Waals surface area contributed by atoms with E-state index in [0.717, 1.165) is 0 Å². The summed E-state index contributed by atoms with van der Waals surface area (Å²) in [6.45, 7) is 5.55. The molecule has 0 aliphatic heterocycles. The first-order valence-corrected chi connectivity index (χ1v) is 4.16. The van der Waals surface area contributed by atoms with Crippen LogP contribution in [0, 0.1) is 11.8 Å². The molecule has 2 nitrogen and oxygen atoms in total. The Labute approximate surface area is 74.7 Å². The third-order valence-electron chi connectivity index (χ3n) is 1.98. The number of likely N-dealkylation sites (N-methyl/N-ethyl adjacent to an activating group) is 1. The standard InChI is InChI=1S/C10H17NO/c1-5-6-7-8-9(12)10(2,3)11-4/h11H,7-8H2,1-4H3. The molecule has 0 fully saturated rings. The highest BCUT2D eigenvalue weighted by Gasteiger charge is 2.23. The smallest absolute Gasteiger partial charge is 0.153 e. The van der Waals surface area contributed by atoms with E-state index in [0.29, 0.717) is 12.8 Å². The molecule has 0 atom stereocenters. The van der Waals surface area contributed by atoms with Gasteiger partial charge in [-0.25, -0.2) is 0 Å². The number of nitrogens with one attached hydrogen (secondary N) is 1. The first-order valence-electron chi connectivity index (χ1n) is 4.16. The van der Waals surface area contributed by atoms with Crippen LogP contribution in [-0.4, -0.2) is 18.4 Å². The minimum atomic E-state index is -0.407. The molecule has 0 saturated heterocycles. The summed E-state index contributed by atoms with van der Waals surface area (Å²) in [7, 11) is 1.80. The minimum Gasteiger partial charge on any atom is -0.308 e. The van der Waals surface area contributed by atoms with Crippen molar-refractivity contribution in [2.45, 2.75) is 39.2 Å². The third kappa shape index (κ3) is 3.54. The maximum Gasteiger partial charge on any atom is 0.153 e. The van der Waals surface area contributed by atoms with Gasteiger partial charge in [0.05, 0.1) is 5.54 Å². The van der Waals surface area contributed by atoms with E-state index in [1.807, 2.05) is 13.8 Å². The van der Waals surface area contributed by atoms with Crippen molar-refractivity contribution in [3.8, 4) is 11.8 Å². The maximum atomic E-state index is 11.4. The molecular weight excluding hydrogens is 150 g/mol. The van der Waals surface area contributed by atoms with E-state index < -0.39 is 5.54 Å². The largest absolute Gasteiger partial charge is 0.308 e. The second kappa shape index (κ2) is 4.95. The highest BCUT2D eigenvalue weighted by atomic mass is 16.1. The fourth-order valence-corrected chi connectivity index (χ4v) is 0.753. The second-order valence-corrected chi connectivity index (χ2v) is 3.22. The highest BCUT2D eigenvalue weighted by Crippen LogP contribution is 2.06. The van der Waals surface area contributed by atoms with Gasteiger partial charge in [0, 0.05) is 12.8 Å². The van der Waals surface area contributed by atoms with E-state index in [9.17, 15) is 4.79 Å². The Balaban J connectivity index is 3.93. The molecule has 68 valence electrons. The zero-order valence-corrected chi connectivity index (χ0v) is 8.32. The summed E-state index contributed by atoms with van der Waals surface area (Å²) in [5, 5.41) is 2.97. The molecule has 12 heavy (non-hydrogen) atoms. The van der Waals surface area contributed by atoms with Crippen LogP contribution in [0.4, 0.5) is 0 Å². The van der Waals surface area contributed by atoms with Crippen molar-refractivity contribution in [1.82, 2.24) is 5.32 Å². The summed E-state index contributed by atoms with van der Waals surface area (Å²) in [5.41, 5.74) is -0.407. The van der Waals surface area contributed by atoms with Gasteiger partial charge in [-0.05, 0) is 27.8 Å². The molecule has 0 amide bonds. The number of Topliss-reactive ketones (excluding diaryl/α,β-unsaturated/α-hetero) is 1. The van der Waals surface area contributed by atoms with Crippen LogP contribution in [0.3, 0.4) is 0 Å². The molecule has 0 spiro atoms. The average molecular weight is 167 g/mol. The SMILES string of the molecule is CC#CCCC(=O)C(C)(C)NC. The van der Waals surface area contributed by atoms with Crippen molar-refractivity contribution in [3.05, 3.63) is 0 Å². The lowest BCUT2D eigenvalue weighted by Crippen LogP contribution is -2.44. The predicted molar refractivity (Wildman–Crippen MR) is 50.8 cm³/mol. The Bertz CT molecular complexity index is 208. The molecule has 0 unspecified atom stereocenters. The summed E-state index contributed by atoms with van der Waals surface area (Å²) in [6.07, 6.45) is 1.20. The summed E-state index contributed by atoms with van der Waals surface area (Å²) < 4.78 is 0. The van der Waals surface area contributed by atoms with E-state index in [4.69, 9.17) is 0 Å². The van der Waals surface area contributed by atoms with E-state index in [1.54, 1.807) is 14.0 Å². The number of hydrogen-bond donors (Lipinski definition) is 1. The molecule has 0 rings (SSSR count). The molecule has 0 aromatic rings. The van der Waals surface area contributed by atoms with Crippen LogP contribution in [0.15, 0.2) is 0 Å². The first kappa shape index (κ1) is 11.2. The fraction of sp³-hybridized carbons (Fsp3) is 0.700. The molecule has 0 radical (unpaired) electrons. The molecule has 0 aromatic heterocycles. The molecule has 0 aliphatic rings. The van der Waals surface area contributed by atoms with Crippen LogP contribution in [0.25, 0.3) is 0 Å². The van der Waals surface area contributed by atoms with Gasteiger partial charge in [-0.15, -0.1) is 11.8 Å². The molecule has 0 bridgehead atoms. The van der Waals surface area contributed by atoms with Crippen LogP contribution >= 0.6 is 0 Å². The van der Waals surface area contributed by atoms with Gasteiger partial charge in [0.15, 0.2) is 5.78 Å². The average Bonchev–Trinajstić information content (AvgIpc) is 2.05. The summed E-state index contributed by atoms with van der Waals surface area (Å²) >= 11 is 0. The minimum absolute atomic E-state index is 0.216. The molecular formula is C10H17NO. The predicted octanol–water partition coefficient (Wildman–Crippen LogP) is 1.36. The van der Waals surface area contributed by atoms with Gasteiger partial charge in [0.1, 0.15) is 0 Å². The van der Waals surface area contributed by atoms with Crippen LogP contribution in [0.2, 0.25) is 0 Å². The van der Waals surface area contributed by atoms with E-state index in [-0.39, 0.29) is 5.78 Å². The lowest BCUT2D eigenvalue weighted by Gasteiger charge is -2.21. The molecule has 0 saturated carbocycles. The first-order chi connectivity index (χ1) is 5.54. The van der Waals surface area contributed by atoms with Gasteiger partial charge in [-0.2, -0.15) is 0 Å². The zero-order chi connectivity index (χ0) is 9.61. The summed E-state index contributed by atoms with van der Waals surface area (Å²) in [5.74, 6) is 5.86. The van der Waals surface area contributed by atoms with Crippen LogP contribution in [-0.2, 0) is 4.79 Å². The summed E-state index contributed by atoms with van der Waals surface area (Å²) in [6, 6.07) is 0. The van der Waals surface area contributed by atoms with Gasteiger partial charge in [0.25, 0.3) is 0 Å². The number of hydrogen-bond acceptors (Lipinski definition) is 2. The lowest BCUT2D eigenvalue weighted by molar-refractivity contribution is -0.123. The Morgan fingerprint density at radius 2 is 2.08 bits per heavy atom. The number of ketones is 1. The van der Waals surface area contributed by atoms with Crippen molar-refractivity contribution < 1.29 is 4.79 Å². The van der Waals surface area contributed by atoms with Crippen LogP contribution in [0.1, 0.15) is 33.6 Å². The van der Waals surface area contributed by atoms with Gasteiger partial charge < -0.3 is 5.32 Å². The van der Waals surface area contributed by atoms with Gasteiger partial charge >= 0.3 is 0 Å². The van der Waals surface area contributed by atoms with Gasteiger partial charge in [0.2, 0.25) is 0 Å². The Morgan fingerprint density at radius 3 is 2.50 bits per heavy atom. The normalized spacial score (nSPS) is 10.3. The van der Waals surface area contributed by atoms with Crippen LogP contribution < -0.4 is 5.32 Å². The number of carbonyl (C=O) groups excluding carboxylic acids is 1. The Morgan fingerprint density at radius 1 is 1.50 bits per heavy atom. The van der Waals surface area contributed by atoms with E-state index >= 15 is 0 Å². The topological polar surface area (TPSA) is 29.1 Å². The number of rotatable bonds is 4. The van der Waals surface area contributed by atoms with E-state index in [2.05, 4.69) is 17.2 Å². The number of carbonyl (C=O) groups is 1. The van der Waals surface area contributed by atoms with Crippen molar-refractivity contribution in [1.29, 1.82) is 0 Å². The fourth-order valence-electron chi connectivity index (χ4n) is 0.753.